The van der Waals surface area contributed by atoms with Crippen LogP contribution in [0.4, 0.5) is 5.69 Å². The van der Waals surface area contributed by atoms with E-state index in [2.05, 4.69) is 20.2 Å². The average molecular weight is 399 g/mol. The molecule has 0 spiro atoms. The second kappa shape index (κ2) is 7.91. The lowest BCUT2D eigenvalue weighted by atomic mass is 10.1. The quantitative estimate of drug-likeness (QED) is 0.662. The van der Waals surface area contributed by atoms with Gasteiger partial charge in [0.2, 0.25) is 10.0 Å². The van der Waals surface area contributed by atoms with Crippen molar-refractivity contribution in [1.29, 1.82) is 0 Å². The van der Waals surface area contributed by atoms with Crippen LogP contribution in [0.3, 0.4) is 0 Å². The van der Waals surface area contributed by atoms with Gasteiger partial charge in [-0.25, -0.2) is 13.1 Å². The minimum atomic E-state index is -3.66. The van der Waals surface area contributed by atoms with Crippen LogP contribution < -0.4 is 10.0 Å². The first kappa shape index (κ1) is 19.7. The third-order valence-corrected chi connectivity index (χ3v) is 5.77. The molecule has 0 aliphatic heterocycles. The molecule has 2 N–H and O–H groups in total. The van der Waals surface area contributed by atoms with Crippen molar-refractivity contribution >= 4 is 21.6 Å². The van der Waals surface area contributed by atoms with E-state index in [1.807, 2.05) is 0 Å². The van der Waals surface area contributed by atoms with Gasteiger partial charge in [-0.1, -0.05) is 6.07 Å². The van der Waals surface area contributed by atoms with Crippen LogP contribution in [0.1, 0.15) is 29.8 Å². The molecule has 0 unspecified atom stereocenters. The lowest BCUT2D eigenvalue weighted by molar-refractivity contribution is 0.102. The van der Waals surface area contributed by atoms with Crippen molar-refractivity contribution in [3.8, 4) is 5.69 Å². The van der Waals surface area contributed by atoms with Crippen LogP contribution in [0.2, 0.25) is 0 Å². The number of hydrogen-bond acceptors (Lipinski definition) is 5. The van der Waals surface area contributed by atoms with Gasteiger partial charge in [-0.2, -0.15) is 0 Å². The van der Waals surface area contributed by atoms with E-state index in [1.54, 1.807) is 74.4 Å². The fraction of sp³-hybridized carbons (Fsp3) is 0.211. The summed E-state index contributed by atoms with van der Waals surface area (Å²) in [7, 11) is -3.66. The van der Waals surface area contributed by atoms with Crippen molar-refractivity contribution in [2.24, 2.45) is 0 Å². The van der Waals surface area contributed by atoms with Crippen molar-refractivity contribution in [2.75, 3.05) is 5.32 Å². The second-order valence-corrected chi connectivity index (χ2v) is 8.31. The largest absolute Gasteiger partial charge is 0.322 e. The minimum Gasteiger partial charge on any atom is -0.322 e. The average Bonchev–Trinajstić information content (AvgIpc) is 3.17. The summed E-state index contributed by atoms with van der Waals surface area (Å²) in [6.45, 7) is 5.22. The van der Waals surface area contributed by atoms with E-state index >= 15 is 0 Å². The van der Waals surface area contributed by atoms with Crippen LogP contribution in [0.5, 0.6) is 0 Å². The molecule has 3 aromatic rings. The van der Waals surface area contributed by atoms with Crippen LogP contribution in [-0.2, 0) is 10.0 Å². The predicted molar refractivity (Wildman–Crippen MR) is 106 cm³/mol. The summed E-state index contributed by atoms with van der Waals surface area (Å²) in [5, 5.41) is 10.2. The molecule has 28 heavy (non-hydrogen) atoms. The van der Waals surface area contributed by atoms with Crippen LogP contribution >= 0.6 is 0 Å². The highest BCUT2D eigenvalue weighted by atomic mass is 32.2. The predicted octanol–water partition coefficient (Wildman–Crippen LogP) is 2.51. The fourth-order valence-corrected chi connectivity index (χ4v) is 4.18. The normalized spacial score (nSPS) is 11.6. The van der Waals surface area contributed by atoms with Gasteiger partial charge in [-0.05, 0) is 62.7 Å². The Morgan fingerprint density at radius 1 is 1.04 bits per heavy atom. The molecule has 146 valence electrons. The molecule has 8 nitrogen and oxygen atoms in total. The van der Waals surface area contributed by atoms with E-state index < -0.39 is 10.0 Å². The van der Waals surface area contributed by atoms with E-state index in [1.165, 1.54) is 6.07 Å². The van der Waals surface area contributed by atoms with Gasteiger partial charge in [0.1, 0.15) is 12.7 Å². The maximum atomic E-state index is 12.5. The number of aromatic nitrogens is 3. The van der Waals surface area contributed by atoms with Crippen molar-refractivity contribution < 1.29 is 13.2 Å². The first-order valence-corrected chi connectivity index (χ1v) is 10.1. The van der Waals surface area contributed by atoms with Gasteiger partial charge in [0.15, 0.2) is 0 Å². The van der Waals surface area contributed by atoms with Crippen molar-refractivity contribution in [3.05, 3.63) is 66.2 Å². The number of nitrogens with zero attached hydrogens (tertiary/aromatic N) is 3. The zero-order chi connectivity index (χ0) is 20.3. The molecule has 0 aliphatic carbocycles. The van der Waals surface area contributed by atoms with Crippen molar-refractivity contribution in [2.45, 2.75) is 31.7 Å². The molecule has 0 atom stereocenters. The Bertz CT molecular complexity index is 1080. The standard InChI is InChI=1S/C19H21N5O3S/c1-13(2)23-28(26,27)18-10-16(7-4-14(18)3)22-19(25)15-5-8-17(9-6-15)24-11-20-21-12-24/h4-13,23H,1-3H3,(H,22,25). The summed E-state index contributed by atoms with van der Waals surface area (Å²) in [5.41, 5.74) is 2.28. The maximum absolute atomic E-state index is 12.5. The Labute approximate surface area is 163 Å². The van der Waals surface area contributed by atoms with Gasteiger partial charge >= 0.3 is 0 Å². The first-order chi connectivity index (χ1) is 13.3. The maximum Gasteiger partial charge on any atom is 0.255 e. The van der Waals surface area contributed by atoms with Gasteiger partial charge in [-0.3, -0.25) is 9.36 Å². The number of amides is 1. The third-order valence-electron chi connectivity index (χ3n) is 3.97. The van der Waals surface area contributed by atoms with Crippen LogP contribution in [0.25, 0.3) is 5.69 Å². The number of sulfonamides is 1. The molecule has 1 amide bonds. The number of nitrogens with one attached hydrogen (secondary N) is 2. The minimum absolute atomic E-state index is 0.141. The molecule has 1 aromatic heterocycles. The summed E-state index contributed by atoms with van der Waals surface area (Å²) in [6, 6.07) is 11.5. The molecule has 0 saturated carbocycles. The van der Waals surface area contributed by atoms with Crippen LogP contribution in [0.15, 0.2) is 60.0 Å². The Balaban J connectivity index is 1.80. The zero-order valence-corrected chi connectivity index (χ0v) is 16.6. The smallest absolute Gasteiger partial charge is 0.255 e. The Morgan fingerprint density at radius 3 is 2.29 bits per heavy atom. The SMILES string of the molecule is Cc1ccc(NC(=O)c2ccc(-n3cnnc3)cc2)cc1S(=O)(=O)NC(C)C. The molecule has 0 bridgehead atoms. The summed E-state index contributed by atoms with van der Waals surface area (Å²) in [4.78, 5) is 12.7. The van der Waals surface area contributed by atoms with Crippen LogP contribution in [-0.4, -0.2) is 35.1 Å². The molecule has 0 saturated heterocycles. The van der Waals surface area contributed by atoms with Gasteiger partial charge in [0.05, 0.1) is 4.90 Å². The number of benzene rings is 2. The fourth-order valence-electron chi connectivity index (χ4n) is 2.66. The number of carbonyl (C=O) groups is 1. The molecule has 0 radical (unpaired) electrons. The van der Waals surface area contributed by atoms with Crippen LogP contribution in [0, 0.1) is 6.92 Å². The summed E-state index contributed by atoms with van der Waals surface area (Å²) >= 11 is 0. The zero-order valence-electron chi connectivity index (χ0n) is 15.7. The molecule has 2 aromatic carbocycles. The Hall–Kier alpha value is -3.04. The van der Waals surface area contributed by atoms with Gasteiger partial charge in [0, 0.05) is 23.0 Å². The van der Waals surface area contributed by atoms with E-state index in [0.29, 0.717) is 16.8 Å². The summed E-state index contributed by atoms with van der Waals surface area (Å²) in [6.07, 6.45) is 3.13. The molecular weight excluding hydrogens is 378 g/mol. The van der Waals surface area contributed by atoms with Gasteiger partial charge < -0.3 is 5.32 Å². The highest BCUT2D eigenvalue weighted by Crippen LogP contribution is 2.21. The first-order valence-electron chi connectivity index (χ1n) is 8.65. The monoisotopic (exact) mass is 399 g/mol. The lowest BCUT2D eigenvalue weighted by Gasteiger charge is -2.14. The lowest BCUT2D eigenvalue weighted by Crippen LogP contribution is -2.30. The third kappa shape index (κ3) is 4.44. The topological polar surface area (TPSA) is 106 Å². The Kier molecular flexibility index (Phi) is 5.57. The number of hydrogen-bond donors (Lipinski definition) is 2. The highest BCUT2D eigenvalue weighted by Gasteiger charge is 2.19. The molecular formula is C19H21N5O3S. The number of carbonyl (C=O) groups excluding carboxylic acids is 1. The summed E-state index contributed by atoms with van der Waals surface area (Å²) in [5.74, 6) is -0.334. The molecule has 9 heteroatoms. The molecule has 1 heterocycles. The van der Waals surface area contributed by atoms with Gasteiger partial charge in [-0.15, -0.1) is 10.2 Å². The van der Waals surface area contributed by atoms with Crippen molar-refractivity contribution in [3.63, 3.8) is 0 Å². The molecule has 0 fully saturated rings. The van der Waals surface area contributed by atoms with E-state index in [9.17, 15) is 13.2 Å². The van der Waals surface area contributed by atoms with Gasteiger partial charge in [0.25, 0.3) is 5.91 Å². The number of rotatable bonds is 6. The molecule has 0 aliphatic rings. The van der Waals surface area contributed by atoms with E-state index in [0.717, 1.165) is 5.69 Å². The van der Waals surface area contributed by atoms with E-state index in [4.69, 9.17) is 0 Å². The molecule has 3 rings (SSSR count). The Morgan fingerprint density at radius 2 is 1.68 bits per heavy atom. The number of anilines is 1. The van der Waals surface area contributed by atoms with E-state index in [-0.39, 0.29) is 16.8 Å². The van der Waals surface area contributed by atoms with Crippen molar-refractivity contribution in [1.82, 2.24) is 19.5 Å². The highest BCUT2D eigenvalue weighted by molar-refractivity contribution is 7.89. The second-order valence-electron chi connectivity index (χ2n) is 6.63. The summed E-state index contributed by atoms with van der Waals surface area (Å²) < 4.78 is 29.2. The number of aryl methyl sites for hydroxylation is 1.